The number of benzene rings is 1. The highest BCUT2D eigenvalue weighted by atomic mass is 32.1. The smallest absolute Gasteiger partial charge is 0.150 e. The molecule has 6 nitrogen and oxygen atoms in total. The molecule has 124 valence electrons. The first-order valence-corrected chi connectivity index (χ1v) is 8.83. The molecule has 0 spiro atoms. The zero-order valence-electron chi connectivity index (χ0n) is 13.9. The summed E-state index contributed by atoms with van der Waals surface area (Å²) in [4.78, 5) is 15.4. The summed E-state index contributed by atoms with van der Waals surface area (Å²) in [5.41, 5.74) is 0. The summed E-state index contributed by atoms with van der Waals surface area (Å²) in [5, 5.41) is 1.26. The van der Waals surface area contributed by atoms with E-state index in [0.717, 1.165) is 43.6 Å². The number of hydrogen-bond donors (Lipinski definition) is 0. The van der Waals surface area contributed by atoms with E-state index < -0.39 is 0 Å². The van der Waals surface area contributed by atoms with Crippen molar-refractivity contribution in [2.75, 3.05) is 55.0 Å². The van der Waals surface area contributed by atoms with Gasteiger partial charge in [0.2, 0.25) is 0 Å². The molecule has 3 heterocycles. The van der Waals surface area contributed by atoms with Gasteiger partial charge in [-0.3, -0.25) is 0 Å². The number of rotatable bonds is 3. The monoisotopic (exact) mass is 340 g/mol. The highest BCUT2D eigenvalue weighted by Crippen LogP contribution is 2.30. The van der Waals surface area contributed by atoms with Crippen molar-refractivity contribution in [3.05, 3.63) is 36.7 Å². The van der Waals surface area contributed by atoms with E-state index >= 15 is 0 Å². The summed E-state index contributed by atoms with van der Waals surface area (Å²) in [6.07, 6.45) is 1.64. The van der Waals surface area contributed by atoms with Crippen LogP contribution >= 0.6 is 11.5 Å². The van der Waals surface area contributed by atoms with E-state index in [2.05, 4.69) is 48.4 Å². The minimum atomic E-state index is 0.938. The molecule has 2 aromatic heterocycles. The zero-order chi connectivity index (χ0) is 16.5. The van der Waals surface area contributed by atoms with Gasteiger partial charge in [0.25, 0.3) is 0 Å². The van der Waals surface area contributed by atoms with Gasteiger partial charge in [0.15, 0.2) is 0 Å². The first-order chi connectivity index (χ1) is 11.7. The van der Waals surface area contributed by atoms with E-state index in [1.165, 1.54) is 10.1 Å². The van der Waals surface area contributed by atoms with Crippen LogP contribution in [0.5, 0.6) is 0 Å². The van der Waals surface area contributed by atoms with Crippen LogP contribution in [-0.2, 0) is 0 Å². The van der Waals surface area contributed by atoms with E-state index in [1.54, 1.807) is 17.9 Å². The molecule has 0 amide bonds. The highest BCUT2D eigenvalue weighted by molar-refractivity contribution is 7.13. The van der Waals surface area contributed by atoms with Crippen molar-refractivity contribution < 1.29 is 0 Å². The molecular formula is C17H20N6S. The summed E-state index contributed by atoms with van der Waals surface area (Å²) in [5.74, 6) is 3.05. The number of aromatic nitrogens is 3. The SMILES string of the molecule is CN(C)c1cc(N2CCN(c3nsc4ccccc34)CC2)ncn1. The maximum atomic E-state index is 4.67. The molecule has 0 saturated carbocycles. The Balaban J connectivity index is 1.50. The molecular weight excluding hydrogens is 320 g/mol. The van der Waals surface area contributed by atoms with Crippen LogP contribution in [0.3, 0.4) is 0 Å². The second kappa shape index (κ2) is 6.24. The summed E-state index contributed by atoms with van der Waals surface area (Å²) in [6, 6.07) is 10.5. The van der Waals surface area contributed by atoms with Crippen molar-refractivity contribution in [3.63, 3.8) is 0 Å². The van der Waals surface area contributed by atoms with Crippen LogP contribution in [0.1, 0.15) is 0 Å². The Labute approximate surface area is 145 Å². The van der Waals surface area contributed by atoms with E-state index in [4.69, 9.17) is 0 Å². The summed E-state index contributed by atoms with van der Waals surface area (Å²) < 4.78 is 5.92. The highest BCUT2D eigenvalue weighted by Gasteiger charge is 2.21. The summed E-state index contributed by atoms with van der Waals surface area (Å²) in [6.45, 7) is 3.79. The van der Waals surface area contributed by atoms with Gasteiger partial charge in [0.1, 0.15) is 23.8 Å². The Hall–Kier alpha value is -2.41. The second-order valence-corrected chi connectivity index (χ2v) is 6.91. The Kier molecular flexibility index (Phi) is 3.93. The molecule has 1 aliphatic heterocycles. The predicted octanol–water partition coefficient (Wildman–Crippen LogP) is 2.48. The molecule has 1 aromatic carbocycles. The third-order valence-corrected chi connectivity index (χ3v) is 5.17. The van der Waals surface area contributed by atoms with E-state index in [1.807, 2.05) is 25.1 Å². The zero-order valence-corrected chi connectivity index (χ0v) is 14.7. The van der Waals surface area contributed by atoms with Crippen LogP contribution in [0.2, 0.25) is 0 Å². The Morgan fingerprint density at radius 1 is 1.00 bits per heavy atom. The van der Waals surface area contributed by atoms with Gasteiger partial charge in [-0.2, -0.15) is 4.37 Å². The maximum absolute atomic E-state index is 4.67. The predicted molar refractivity (Wildman–Crippen MR) is 100 cm³/mol. The lowest BCUT2D eigenvalue weighted by Crippen LogP contribution is -2.47. The standard InChI is InChI=1S/C17H20N6S/c1-21(2)15-11-16(19-12-18-15)22-7-9-23(10-8-22)17-13-5-3-4-6-14(13)24-20-17/h3-6,11-12H,7-10H2,1-2H3. The third kappa shape index (κ3) is 2.75. The molecule has 3 aromatic rings. The minimum Gasteiger partial charge on any atom is -0.363 e. The number of nitrogens with zero attached hydrogens (tertiary/aromatic N) is 6. The lowest BCUT2D eigenvalue weighted by molar-refractivity contribution is 0.644. The number of hydrogen-bond acceptors (Lipinski definition) is 7. The van der Waals surface area contributed by atoms with Crippen LogP contribution in [0, 0.1) is 0 Å². The van der Waals surface area contributed by atoms with Crippen LogP contribution in [0.15, 0.2) is 36.7 Å². The fraction of sp³-hybridized carbons (Fsp3) is 0.353. The molecule has 0 radical (unpaired) electrons. The second-order valence-electron chi connectivity index (χ2n) is 6.11. The van der Waals surface area contributed by atoms with Crippen molar-refractivity contribution in [1.29, 1.82) is 0 Å². The Bertz CT molecular complexity index is 838. The molecule has 24 heavy (non-hydrogen) atoms. The van der Waals surface area contributed by atoms with E-state index in [-0.39, 0.29) is 0 Å². The molecule has 0 aliphatic carbocycles. The lowest BCUT2D eigenvalue weighted by Gasteiger charge is -2.35. The largest absolute Gasteiger partial charge is 0.363 e. The molecule has 0 atom stereocenters. The number of fused-ring (bicyclic) bond motifs is 1. The minimum absolute atomic E-state index is 0.938. The maximum Gasteiger partial charge on any atom is 0.150 e. The van der Waals surface area contributed by atoms with Crippen molar-refractivity contribution in [2.45, 2.75) is 0 Å². The van der Waals surface area contributed by atoms with Crippen LogP contribution in [0.4, 0.5) is 17.5 Å². The van der Waals surface area contributed by atoms with Crippen LogP contribution < -0.4 is 14.7 Å². The topological polar surface area (TPSA) is 48.4 Å². The molecule has 0 unspecified atom stereocenters. The summed E-state index contributed by atoms with van der Waals surface area (Å²) in [7, 11) is 3.99. The van der Waals surface area contributed by atoms with Crippen molar-refractivity contribution in [1.82, 2.24) is 14.3 Å². The third-order valence-electron chi connectivity index (χ3n) is 4.36. The van der Waals surface area contributed by atoms with Gasteiger partial charge >= 0.3 is 0 Å². The molecule has 1 fully saturated rings. The molecule has 0 bridgehead atoms. The number of piperazine rings is 1. The first kappa shape index (κ1) is 15.1. The van der Waals surface area contributed by atoms with Crippen molar-refractivity contribution in [3.8, 4) is 0 Å². The van der Waals surface area contributed by atoms with Gasteiger partial charge in [-0.15, -0.1) is 0 Å². The van der Waals surface area contributed by atoms with Crippen LogP contribution in [0.25, 0.3) is 10.1 Å². The van der Waals surface area contributed by atoms with Gasteiger partial charge in [0.05, 0.1) is 4.70 Å². The van der Waals surface area contributed by atoms with Crippen LogP contribution in [-0.4, -0.2) is 54.6 Å². The molecule has 1 saturated heterocycles. The molecule has 1 aliphatic rings. The molecule has 4 rings (SSSR count). The average molecular weight is 340 g/mol. The Morgan fingerprint density at radius 3 is 2.54 bits per heavy atom. The number of anilines is 3. The average Bonchev–Trinajstić information content (AvgIpc) is 3.06. The first-order valence-electron chi connectivity index (χ1n) is 8.06. The normalized spacial score (nSPS) is 15.1. The van der Waals surface area contributed by atoms with Gasteiger partial charge in [0, 0.05) is 51.7 Å². The van der Waals surface area contributed by atoms with Gasteiger partial charge in [-0.25, -0.2) is 9.97 Å². The fourth-order valence-corrected chi connectivity index (χ4v) is 3.80. The Morgan fingerprint density at radius 2 is 1.75 bits per heavy atom. The molecule has 0 N–H and O–H groups in total. The fourth-order valence-electron chi connectivity index (χ4n) is 3.00. The van der Waals surface area contributed by atoms with E-state index in [9.17, 15) is 0 Å². The lowest BCUT2D eigenvalue weighted by atomic mass is 10.2. The van der Waals surface area contributed by atoms with Gasteiger partial charge < -0.3 is 14.7 Å². The van der Waals surface area contributed by atoms with Crippen molar-refractivity contribution in [2.24, 2.45) is 0 Å². The molecule has 7 heteroatoms. The van der Waals surface area contributed by atoms with E-state index in [0.29, 0.717) is 0 Å². The van der Waals surface area contributed by atoms with Crippen molar-refractivity contribution >= 4 is 39.1 Å². The van der Waals surface area contributed by atoms with Gasteiger partial charge in [-0.05, 0) is 23.7 Å². The van der Waals surface area contributed by atoms with Gasteiger partial charge in [-0.1, -0.05) is 12.1 Å². The quantitative estimate of drug-likeness (QED) is 0.730. The summed E-state index contributed by atoms with van der Waals surface area (Å²) >= 11 is 1.58.